The van der Waals surface area contributed by atoms with Gasteiger partial charge in [0.25, 0.3) is 0 Å². The molecule has 82 valence electrons. The van der Waals surface area contributed by atoms with Crippen LogP contribution in [0.2, 0.25) is 0 Å². The highest BCUT2D eigenvalue weighted by Gasteiger charge is 2.18. The first-order chi connectivity index (χ1) is 7.72. The molecule has 0 atom stereocenters. The zero-order valence-corrected chi connectivity index (χ0v) is 8.51. The monoisotopic (exact) mass is 219 g/mol. The van der Waals surface area contributed by atoms with Gasteiger partial charge in [0.1, 0.15) is 5.75 Å². The Kier molecular flexibility index (Phi) is 2.55. The van der Waals surface area contributed by atoms with Gasteiger partial charge in [0.15, 0.2) is 11.5 Å². The number of rotatable bonds is 3. The molecule has 0 fully saturated rings. The lowest BCUT2D eigenvalue weighted by atomic mass is 10.1. The van der Waals surface area contributed by atoms with Crippen LogP contribution in [0.3, 0.4) is 0 Å². The summed E-state index contributed by atoms with van der Waals surface area (Å²) in [4.78, 5) is 11.9. The Morgan fingerprint density at radius 2 is 2.25 bits per heavy atom. The summed E-state index contributed by atoms with van der Waals surface area (Å²) < 4.78 is 9.38. The van der Waals surface area contributed by atoms with Gasteiger partial charge in [-0.15, -0.1) is 0 Å². The first kappa shape index (κ1) is 10.2. The maximum Gasteiger partial charge on any atom is 0.218 e. The SMILES string of the molecule is COc1cccc(C(=O)c2nonc2N)c1. The van der Waals surface area contributed by atoms with Crippen molar-refractivity contribution in [1.29, 1.82) is 0 Å². The number of carbonyl (C=O) groups excluding carboxylic acids is 1. The van der Waals surface area contributed by atoms with Gasteiger partial charge in [0, 0.05) is 5.56 Å². The van der Waals surface area contributed by atoms with Gasteiger partial charge in [-0.1, -0.05) is 12.1 Å². The zero-order valence-electron chi connectivity index (χ0n) is 8.51. The molecule has 0 radical (unpaired) electrons. The number of benzene rings is 1. The van der Waals surface area contributed by atoms with Crippen LogP contribution in [0.5, 0.6) is 5.75 Å². The molecule has 0 saturated carbocycles. The highest BCUT2D eigenvalue weighted by atomic mass is 16.6. The first-order valence-electron chi connectivity index (χ1n) is 4.49. The highest BCUT2D eigenvalue weighted by molar-refractivity contribution is 6.10. The Labute approximate surface area is 91.0 Å². The Balaban J connectivity index is 2.38. The Morgan fingerprint density at radius 1 is 1.44 bits per heavy atom. The largest absolute Gasteiger partial charge is 0.497 e. The molecule has 0 unspecified atom stereocenters. The first-order valence-corrected chi connectivity index (χ1v) is 4.49. The quantitative estimate of drug-likeness (QED) is 0.771. The van der Waals surface area contributed by atoms with Crippen molar-refractivity contribution in [2.75, 3.05) is 12.8 Å². The van der Waals surface area contributed by atoms with Crippen LogP contribution in [-0.2, 0) is 0 Å². The Morgan fingerprint density at radius 3 is 2.88 bits per heavy atom. The van der Waals surface area contributed by atoms with Crippen molar-refractivity contribution < 1.29 is 14.2 Å². The van der Waals surface area contributed by atoms with Crippen molar-refractivity contribution in [1.82, 2.24) is 10.3 Å². The van der Waals surface area contributed by atoms with Gasteiger partial charge in [0.2, 0.25) is 5.78 Å². The molecule has 0 spiro atoms. The van der Waals surface area contributed by atoms with Crippen molar-refractivity contribution in [2.24, 2.45) is 0 Å². The second-order valence-corrected chi connectivity index (χ2v) is 3.06. The van der Waals surface area contributed by atoms with Gasteiger partial charge < -0.3 is 10.5 Å². The van der Waals surface area contributed by atoms with E-state index < -0.39 is 0 Å². The molecule has 2 N–H and O–H groups in total. The summed E-state index contributed by atoms with van der Waals surface area (Å²) in [5.74, 6) is 0.214. The van der Waals surface area contributed by atoms with Gasteiger partial charge in [-0.2, -0.15) is 0 Å². The van der Waals surface area contributed by atoms with Crippen molar-refractivity contribution in [3.05, 3.63) is 35.5 Å². The van der Waals surface area contributed by atoms with E-state index in [1.165, 1.54) is 7.11 Å². The maximum absolute atomic E-state index is 11.9. The molecule has 1 heterocycles. The lowest BCUT2D eigenvalue weighted by Crippen LogP contribution is -2.05. The molecule has 2 aromatic rings. The second-order valence-electron chi connectivity index (χ2n) is 3.06. The Hall–Kier alpha value is -2.37. The van der Waals surface area contributed by atoms with E-state index in [1.807, 2.05) is 0 Å². The molecule has 1 aromatic heterocycles. The fourth-order valence-corrected chi connectivity index (χ4v) is 1.25. The second kappa shape index (κ2) is 4.01. The number of anilines is 1. The number of carbonyl (C=O) groups is 1. The third kappa shape index (κ3) is 1.72. The fourth-order valence-electron chi connectivity index (χ4n) is 1.25. The predicted octanol–water partition coefficient (Wildman–Crippen LogP) is 0.891. The summed E-state index contributed by atoms with van der Waals surface area (Å²) in [5, 5.41) is 6.79. The topological polar surface area (TPSA) is 91.2 Å². The van der Waals surface area contributed by atoms with E-state index in [9.17, 15) is 4.79 Å². The number of hydrogen-bond acceptors (Lipinski definition) is 6. The fraction of sp³-hybridized carbons (Fsp3) is 0.100. The summed E-state index contributed by atoms with van der Waals surface area (Å²) in [6, 6.07) is 6.67. The van der Waals surface area contributed by atoms with E-state index in [2.05, 4.69) is 14.9 Å². The molecule has 0 amide bonds. The van der Waals surface area contributed by atoms with E-state index in [1.54, 1.807) is 24.3 Å². The van der Waals surface area contributed by atoms with Crippen molar-refractivity contribution >= 4 is 11.6 Å². The van der Waals surface area contributed by atoms with E-state index >= 15 is 0 Å². The zero-order chi connectivity index (χ0) is 11.5. The predicted molar refractivity (Wildman–Crippen MR) is 55.1 cm³/mol. The molecule has 6 nitrogen and oxygen atoms in total. The molecule has 2 rings (SSSR count). The smallest absolute Gasteiger partial charge is 0.218 e. The number of nitrogen functional groups attached to an aromatic ring is 1. The van der Waals surface area contributed by atoms with Crippen molar-refractivity contribution in [3.63, 3.8) is 0 Å². The minimum atomic E-state index is -0.349. The van der Waals surface area contributed by atoms with Crippen LogP contribution in [0.4, 0.5) is 5.82 Å². The van der Waals surface area contributed by atoms with E-state index in [0.29, 0.717) is 11.3 Å². The molecular weight excluding hydrogens is 210 g/mol. The van der Waals surface area contributed by atoms with Crippen LogP contribution < -0.4 is 10.5 Å². The maximum atomic E-state index is 11.9. The summed E-state index contributed by atoms with van der Waals surface area (Å²) in [5.41, 5.74) is 5.86. The minimum Gasteiger partial charge on any atom is -0.497 e. The van der Waals surface area contributed by atoms with Crippen LogP contribution in [0.25, 0.3) is 0 Å². The van der Waals surface area contributed by atoms with Gasteiger partial charge in [0.05, 0.1) is 7.11 Å². The lowest BCUT2D eigenvalue weighted by molar-refractivity contribution is 0.103. The third-order valence-corrected chi connectivity index (χ3v) is 2.06. The number of nitrogens with zero attached hydrogens (tertiary/aromatic N) is 2. The van der Waals surface area contributed by atoms with Crippen molar-refractivity contribution in [2.45, 2.75) is 0 Å². The number of nitrogens with two attached hydrogens (primary N) is 1. The molecule has 0 bridgehead atoms. The van der Waals surface area contributed by atoms with Gasteiger partial charge in [-0.05, 0) is 22.4 Å². The van der Waals surface area contributed by atoms with Crippen LogP contribution in [0, 0.1) is 0 Å². The highest BCUT2D eigenvalue weighted by Crippen LogP contribution is 2.17. The summed E-state index contributed by atoms with van der Waals surface area (Å²) in [6.45, 7) is 0. The number of ketones is 1. The molecule has 6 heteroatoms. The normalized spacial score (nSPS) is 10.1. The van der Waals surface area contributed by atoms with E-state index in [0.717, 1.165) is 0 Å². The van der Waals surface area contributed by atoms with Gasteiger partial charge in [-0.25, -0.2) is 4.63 Å². The average molecular weight is 219 g/mol. The number of methoxy groups -OCH3 is 1. The van der Waals surface area contributed by atoms with Crippen LogP contribution in [0.15, 0.2) is 28.9 Å². The van der Waals surface area contributed by atoms with Crippen molar-refractivity contribution in [3.8, 4) is 5.75 Å². The standard InChI is InChI=1S/C10H9N3O3/c1-15-7-4-2-3-6(5-7)9(14)8-10(11)13-16-12-8/h2-5H,1H3,(H2,11,13). The molecule has 0 aliphatic heterocycles. The van der Waals surface area contributed by atoms with Crippen LogP contribution >= 0.6 is 0 Å². The summed E-state index contributed by atoms with van der Waals surface area (Å²) >= 11 is 0. The number of hydrogen-bond donors (Lipinski definition) is 1. The molecule has 16 heavy (non-hydrogen) atoms. The average Bonchev–Trinajstić information content (AvgIpc) is 2.74. The number of ether oxygens (including phenoxy) is 1. The summed E-state index contributed by atoms with van der Waals surface area (Å²) in [6.07, 6.45) is 0. The molecule has 0 aliphatic carbocycles. The lowest BCUT2D eigenvalue weighted by Gasteiger charge is -2.01. The van der Waals surface area contributed by atoms with Gasteiger partial charge >= 0.3 is 0 Å². The van der Waals surface area contributed by atoms with Crippen LogP contribution in [-0.4, -0.2) is 23.2 Å². The number of aromatic nitrogens is 2. The third-order valence-electron chi connectivity index (χ3n) is 2.06. The van der Waals surface area contributed by atoms with Gasteiger partial charge in [-0.3, -0.25) is 4.79 Å². The Bertz CT molecular complexity index is 522. The molecule has 0 aliphatic rings. The molecular formula is C10H9N3O3. The summed E-state index contributed by atoms with van der Waals surface area (Å²) in [7, 11) is 1.52. The molecule has 0 saturated heterocycles. The van der Waals surface area contributed by atoms with Crippen LogP contribution in [0.1, 0.15) is 16.1 Å². The molecule has 1 aromatic carbocycles. The minimum absolute atomic E-state index is 0.00764. The van der Waals surface area contributed by atoms with E-state index in [-0.39, 0.29) is 17.3 Å². The van der Waals surface area contributed by atoms with E-state index in [4.69, 9.17) is 10.5 Å².